The predicted octanol–water partition coefficient (Wildman–Crippen LogP) is 3.41. The highest BCUT2D eigenvalue weighted by Crippen LogP contribution is 2.28. The van der Waals surface area contributed by atoms with Crippen LogP contribution < -0.4 is 5.32 Å². The van der Waals surface area contributed by atoms with Crippen LogP contribution in [0, 0.1) is 13.8 Å². The molecule has 0 fully saturated rings. The van der Waals surface area contributed by atoms with Crippen LogP contribution >= 0.6 is 15.9 Å². The Labute approximate surface area is 130 Å². The van der Waals surface area contributed by atoms with E-state index < -0.39 is 5.97 Å². The number of nitrogens with one attached hydrogen (secondary N) is 1. The lowest BCUT2D eigenvalue weighted by Gasteiger charge is -2.11. The maximum absolute atomic E-state index is 12.1. The number of anilines is 1. The number of halogens is 1. The van der Waals surface area contributed by atoms with Crippen molar-refractivity contribution in [1.29, 1.82) is 0 Å². The molecule has 0 atom stereocenters. The number of benzene rings is 1. The topological polar surface area (TPSA) is 79.3 Å². The first-order chi connectivity index (χ1) is 9.88. The molecule has 0 saturated carbocycles. The zero-order valence-electron chi connectivity index (χ0n) is 11.5. The Bertz CT molecular complexity index is 688. The molecule has 1 aromatic heterocycles. The average molecular weight is 349 g/mol. The van der Waals surface area contributed by atoms with Gasteiger partial charge >= 0.3 is 5.97 Å². The van der Waals surface area contributed by atoms with Gasteiger partial charge in [-0.05, 0) is 59.1 Å². The van der Waals surface area contributed by atoms with Crippen LogP contribution in [0.25, 0.3) is 0 Å². The lowest BCUT2D eigenvalue weighted by Crippen LogP contribution is -2.15. The normalized spacial score (nSPS) is 10.2. The van der Waals surface area contributed by atoms with Crippen molar-refractivity contribution in [2.24, 2.45) is 0 Å². The number of hydrogen-bond acceptors (Lipinski definition) is 3. The third kappa shape index (κ3) is 3.46. The zero-order chi connectivity index (χ0) is 15.6. The van der Waals surface area contributed by atoms with E-state index in [0.717, 1.165) is 21.8 Å². The van der Waals surface area contributed by atoms with Gasteiger partial charge in [0.2, 0.25) is 0 Å². The van der Waals surface area contributed by atoms with Crippen LogP contribution in [-0.2, 0) is 0 Å². The van der Waals surface area contributed by atoms with E-state index >= 15 is 0 Å². The second-order valence-electron chi connectivity index (χ2n) is 4.63. The van der Waals surface area contributed by atoms with E-state index in [1.54, 1.807) is 0 Å². The first-order valence-corrected chi connectivity index (χ1v) is 6.95. The summed E-state index contributed by atoms with van der Waals surface area (Å²) in [6.45, 7) is 3.86. The van der Waals surface area contributed by atoms with Crippen molar-refractivity contribution in [2.75, 3.05) is 5.32 Å². The lowest BCUT2D eigenvalue weighted by atomic mass is 10.1. The summed E-state index contributed by atoms with van der Waals surface area (Å²) in [5.41, 5.74) is 2.89. The van der Waals surface area contributed by atoms with E-state index in [4.69, 9.17) is 5.11 Å². The maximum atomic E-state index is 12.1. The Morgan fingerprint density at radius 3 is 2.48 bits per heavy atom. The highest BCUT2D eigenvalue weighted by Gasteiger charge is 2.13. The molecular formula is C15H13BrN2O3. The summed E-state index contributed by atoms with van der Waals surface area (Å²) in [7, 11) is 0. The standard InChI is InChI=1S/C15H13BrN2O3/c1-8-5-9(2)13(11(16)6-8)18-14(19)12-4-3-10(7-17-12)15(20)21/h3-7H,1-2H3,(H,18,19)(H,20,21). The van der Waals surface area contributed by atoms with Crippen LogP contribution in [0.4, 0.5) is 5.69 Å². The number of aromatic carboxylic acids is 1. The number of aromatic nitrogens is 1. The van der Waals surface area contributed by atoms with Crippen molar-refractivity contribution < 1.29 is 14.7 Å². The van der Waals surface area contributed by atoms with E-state index in [-0.39, 0.29) is 17.2 Å². The summed E-state index contributed by atoms with van der Waals surface area (Å²) in [5.74, 6) is -1.47. The van der Waals surface area contributed by atoms with Crippen LogP contribution in [0.3, 0.4) is 0 Å². The number of aryl methyl sites for hydroxylation is 2. The van der Waals surface area contributed by atoms with Crippen molar-refractivity contribution >= 4 is 33.5 Å². The maximum Gasteiger partial charge on any atom is 0.337 e. The zero-order valence-corrected chi connectivity index (χ0v) is 13.1. The summed E-state index contributed by atoms with van der Waals surface area (Å²) in [6.07, 6.45) is 1.16. The number of hydrogen-bond donors (Lipinski definition) is 2. The van der Waals surface area contributed by atoms with Gasteiger partial charge < -0.3 is 10.4 Å². The molecule has 6 heteroatoms. The molecule has 21 heavy (non-hydrogen) atoms. The number of carboxylic acid groups (broad SMARTS) is 1. The highest BCUT2D eigenvalue weighted by atomic mass is 79.9. The van der Waals surface area contributed by atoms with Gasteiger partial charge in [-0.1, -0.05) is 6.07 Å². The van der Waals surface area contributed by atoms with E-state index in [2.05, 4.69) is 26.2 Å². The molecule has 0 radical (unpaired) electrons. The summed E-state index contributed by atoms with van der Waals surface area (Å²) < 4.78 is 0.788. The van der Waals surface area contributed by atoms with Gasteiger partial charge in [-0.3, -0.25) is 9.78 Å². The Hall–Kier alpha value is -2.21. The molecule has 1 heterocycles. The highest BCUT2D eigenvalue weighted by molar-refractivity contribution is 9.10. The van der Waals surface area contributed by atoms with Crippen LogP contribution in [0.1, 0.15) is 32.0 Å². The molecule has 1 amide bonds. The molecule has 0 aliphatic carbocycles. The van der Waals surface area contributed by atoms with E-state index in [9.17, 15) is 9.59 Å². The molecule has 0 aliphatic heterocycles. The van der Waals surface area contributed by atoms with Crippen molar-refractivity contribution in [3.8, 4) is 0 Å². The van der Waals surface area contributed by atoms with E-state index in [0.29, 0.717) is 5.69 Å². The number of nitrogens with zero attached hydrogens (tertiary/aromatic N) is 1. The van der Waals surface area contributed by atoms with Gasteiger partial charge in [0, 0.05) is 10.7 Å². The van der Waals surface area contributed by atoms with Gasteiger partial charge in [-0.15, -0.1) is 0 Å². The fraction of sp³-hybridized carbons (Fsp3) is 0.133. The molecule has 108 valence electrons. The molecule has 0 spiro atoms. The Balaban J connectivity index is 2.24. The minimum atomic E-state index is -1.08. The van der Waals surface area contributed by atoms with Crippen LogP contribution in [-0.4, -0.2) is 22.0 Å². The smallest absolute Gasteiger partial charge is 0.337 e. The minimum absolute atomic E-state index is 0.0410. The summed E-state index contributed by atoms with van der Waals surface area (Å²) in [5, 5.41) is 11.6. The minimum Gasteiger partial charge on any atom is -0.478 e. The average Bonchev–Trinajstić information content (AvgIpc) is 2.42. The molecule has 2 rings (SSSR count). The summed E-state index contributed by atoms with van der Waals surface area (Å²) in [4.78, 5) is 26.8. The van der Waals surface area contributed by atoms with Crippen molar-refractivity contribution in [2.45, 2.75) is 13.8 Å². The van der Waals surface area contributed by atoms with Crippen LogP contribution in [0.15, 0.2) is 34.9 Å². The number of pyridine rings is 1. The fourth-order valence-corrected chi connectivity index (χ4v) is 2.68. The molecule has 0 aliphatic rings. The number of rotatable bonds is 3. The van der Waals surface area contributed by atoms with Crippen molar-refractivity contribution in [3.63, 3.8) is 0 Å². The molecule has 1 aromatic carbocycles. The number of amides is 1. The summed E-state index contributed by atoms with van der Waals surface area (Å²) >= 11 is 3.42. The molecule has 2 N–H and O–H groups in total. The molecule has 5 nitrogen and oxygen atoms in total. The Morgan fingerprint density at radius 1 is 1.24 bits per heavy atom. The van der Waals surface area contributed by atoms with Gasteiger partial charge in [0.25, 0.3) is 5.91 Å². The summed E-state index contributed by atoms with van der Waals surface area (Å²) in [6, 6.07) is 6.60. The number of carbonyl (C=O) groups is 2. The van der Waals surface area contributed by atoms with Crippen molar-refractivity contribution in [1.82, 2.24) is 4.98 Å². The first-order valence-electron chi connectivity index (χ1n) is 6.16. The van der Waals surface area contributed by atoms with E-state index in [1.807, 2.05) is 26.0 Å². The van der Waals surface area contributed by atoms with Gasteiger partial charge in [0.1, 0.15) is 5.69 Å². The molecule has 0 saturated heterocycles. The lowest BCUT2D eigenvalue weighted by molar-refractivity contribution is 0.0696. The monoisotopic (exact) mass is 348 g/mol. The van der Waals surface area contributed by atoms with E-state index in [1.165, 1.54) is 12.1 Å². The number of carbonyl (C=O) groups excluding carboxylic acids is 1. The van der Waals surface area contributed by atoms with Gasteiger partial charge in [0.05, 0.1) is 11.3 Å². The van der Waals surface area contributed by atoms with Crippen LogP contribution in [0.2, 0.25) is 0 Å². The van der Waals surface area contributed by atoms with Crippen LogP contribution in [0.5, 0.6) is 0 Å². The Kier molecular flexibility index (Phi) is 4.37. The van der Waals surface area contributed by atoms with Gasteiger partial charge in [-0.25, -0.2) is 4.79 Å². The SMILES string of the molecule is Cc1cc(C)c(NC(=O)c2ccc(C(=O)O)cn2)c(Br)c1. The third-order valence-corrected chi connectivity index (χ3v) is 3.54. The molecule has 2 aromatic rings. The molecular weight excluding hydrogens is 336 g/mol. The third-order valence-electron chi connectivity index (χ3n) is 2.91. The number of carboxylic acids is 1. The fourth-order valence-electron chi connectivity index (χ4n) is 1.91. The largest absolute Gasteiger partial charge is 0.478 e. The Morgan fingerprint density at radius 2 is 1.95 bits per heavy atom. The predicted molar refractivity (Wildman–Crippen MR) is 82.8 cm³/mol. The van der Waals surface area contributed by atoms with Gasteiger partial charge in [0.15, 0.2) is 0 Å². The quantitative estimate of drug-likeness (QED) is 0.890. The second-order valence-corrected chi connectivity index (χ2v) is 5.48. The van der Waals surface area contributed by atoms with Crippen molar-refractivity contribution in [3.05, 3.63) is 57.3 Å². The first kappa shape index (κ1) is 15.2. The van der Waals surface area contributed by atoms with Gasteiger partial charge in [-0.2, -0.15) is 0 Å². The second kappa shape index (κ2) is 6.05. The molecule has 0 unspecified atom stereocenters. The molecule has 0 bridgehead atoms.